The second kappa shape index (κ2) is 5.98. The van der Waals surface area contributed by atoms with Crippen molar-refractivity contribution < 1.29 is 4.74 Å². The normalized spacial score (nSPS) is 19.6. The van der Waals surface area contributed by atoms with Gasteiger partial charge in [0.05, 0.1) is 0 Å². The standard InChI is InChI=1S/C13H18INO/c1-15-13(11-6-8-16-9-7-11)10-2-4-12(14)5-3-10/h2-5,11,13,15H,6-9H2,1H3. The van der Waals surface area contributed by atoms with Gasteiger partial charge in [0.25, 0.3) is 0 Å². The zero-order valence-electron chi connectivity index (χ0n) is 9.58. The van der Waals surface area contributed by atoms with E-state index in [1.54, 1.807) is 0 Å². The van der Waals surface area contributed by atoms with Gasteiger partial charge in [-0.25, -0.2) is 0 Å². The first-order valence-electron chi connectivity index (χ1n) is 5.81. The quantitative estimate of drug-likeness (QED) is 0.860. The summed E-state index contributed by atoms with van der Waals surface area (Å²) in [5.41, 5.74) is 1.40. The predicted octanol–water partition coefficient (Wildman–Crippen LogP) is 2.98. The van der Waals surface area contributed by atoms with Gasteiger partial charge in [0.1, 0.15) is 0 Å². The van der Waals surface area contributed by atoms with Crippen molar-refractivity contribution in [2.75, 3.05) is 20.3 Å². The third-order valence-electron chi connectivity index (χ3n) is 3.28. The maximum atomic E-state index is 5.42. The van der Waals surface area contributed by atoms with Crippen molar-refractivity contribution in [1.29, 1.82) is 0 Å². The summed E-state index contributed by atoms with van der Waals surface area (Å²) in [5, 5.41) is 3.45. The zero-order chi connectivity index (χ0) is 11.4. The summed E-state index contributed by atoms with van der Waals surface area (Å²) < 4.78 is 6.71. The van der Waals surface area contributed by atoms with Crippen LogP contribution in [0.15, 0.2) is 24.3 Å². The van der Waals surface area contributed by atoms with Crippen LogP contribution in [0.25, 0.3) is 0 Å². The zero-order valence-corrected chi connectivity index (χ0v) is 11.7. The van der Waals surface area contributed by atoms with Gasteiger partial charge in [-0.1, -0.05) is 12.1 Å². The van der Waals surface area contributed by atoms with Crippen LogP contribution < -0.4 is 5.32 Å². The van der Waals surface area contributed by atoms with Crippen molar-refractivity contribution >= 4 is 22.6 Å². The second-order valence-electron chi connectivity index (χ2n) is 4.27. The van der Waals surface area contributed by atoms with Crippen LogP contribution in [0, 0.1) is 9.49 Å². The van der Waals surface area contributed by atoms with Crippen LogP contribution >= 0.6 is 22.6 Å². The molecule has 1 aromatic carbocycles. The average molecular weight is 331 g/mol. The molecule has 3 heteroatoms. The number of ether oxygens (including phenoxy) is 1. The van der Waals surface area contributed by atoms with Crippen LogP contribution in [-0.2, 0) is 4.74 Å². The molecule has 0 bridgehead atoms. The molecule has 88 valence electrons. The van der Waals surface area contributed by atoms with Gasteiger partial charge in [-0.3, -0.25) is 0 Å². The van der Waals surface area contributed by atoms with E-state index >= 15 is 0 Å². The molecule has 1 aliphatic rings. The largest absolute Gasteiger partial charge is 0.381 e. The molecule has 2 nitrogen and oxygen atoms in total. The lowest BCUT2D eigenvalue weighted by Crippen LogP contribution is -2.29. The lowest BCUT2D eigenvalue weighted by atomic mass is 9.87. The molecule has 0 radical (unpaired) electrons. The SMILES string of the molecule is CNC(c1ccc(I)cc1)C1CCOCC1. The fourth-order valence-corrected chi connectivity index (χ4v) is 2.75. The Kier molecular flexibility index (Phi) is 4.61. The third-order valence-corrected chi connectivity index (χ3v) is 4.00. The molecule has 1 saturated heterocycles. The van der Waals surface area contributed by atoms with Gasteiger partial charge in [0.15, 0.2) is 0 Å². The topological polar surface area (TPSA) is 21.3 Å². The fourth-order valence-electron chi connectivity index (χ4n) is 2.39. The minimum atomic E-state index is 0.473. The smallest absolute Gasteiger partial charge is 0.0469 e. The first-order chi connectivity index (χ1) is 7.81. The molecule has 1 aromatic rings. The molecule has 1 N–H and O–H groups in total. The summed E-state index contributed by atoms with van der Waals surface area (Å²) in [7, 11) is 2.05. The lowest BCUT2D eigenvalue weighted by Gasteiger charge is -2.30. The van der Waals surface area contributed by atoms with Crippen molar-refractivity contribution in [3.8, 4) is 0 Å². The summed E-state index contributed by atoms with van der Waals surface area (Å²) in [5.74, 6) is 0.707. The Labute approximate surface area is 111 Å². The Hall–Kier alpha value is -0.130. The summed E-state index contributed by atoms with van der Waals surface area (Å²) in [6, 6.07) is 9.30. The average Bonchev–Trinajstić information content (AvgIpc) is 2.34. The minimum Gasteiger partial charge on any atom is -0.381 e. The highest BCUT2D eigenvalue weighted by Gasteiger charge is 2.23. The van der Waals surface area contributed by atoms with Crippen LogP contribution in [0.3, 0.4) is 0 Å². The van der Waals surface area contributed by atoms with Gasteiger partial charge >= 0.3 is 0 Å². The molecule has 16 heavy (non-hydrogen) atoms. The molecule has 0 aromatic heterocycles. The molecule has 1 heterocycles. The Morgan fingerprint density at radius 2 is 1.88 bits per heavy atom. The molecule has 1 aliphatic heterocycles. The van der Waals surface area contributed by atoms with Crippen LogP contribution in [0.2, 0.25) is 0 Å². The van der Waals surface area contributed by atoms with Crippen molar-refractivity contribution in [3.63, 3.8) is 0 Å². The van der Waals surface area contributed by atoms with E-state index in [0.717, 1.165) is 26.1 Å². The van der Waals surface area contributed by atoms with Crippen molar-refractivity contribution in [3.05, 3.63) is 33.4 Å². The number of hydrogen-bond acceptors (Lipinski definition) is 2. The number of hydrogen-bond donors (Lipinski definition) is 1. The van der Waals surface area contributed by atoms with Gasteiger partial charge in [0.2, 0.25) is 0 Å². The van der Waals surface area contributed by atoms with Crippen molar-refractivity contribution in [2.24, 2.45) is 5.92 Å². The number of rotatable bonds is 3. The monoisotopic (exact) mass is 331 g/mol. The van der Waals surface area contributed by atoms with E-state index < -0.39 is 0 Å². The molecule has 0 spiro atoms. The summed E-state index contributed by atoms with van der Waals surface area (Å²) >= 11 is 2.35. The third kappa shape index (κ3) is 2.96. The molecule has 0 aliphatic carbocycles. The molecule has 1 atom stereocenters. The highest BCUT2D eigenvalue weighted by molar-refractivity contribution is 14.1. The van der Waals surface area contributed by atoms with E-state index in [2.05, 4.69) is 59.2 Å². The molecule has 1 unspecified atom stereocenters. The van der Waals surface area contributed by atoms with Gasteiger partial charge in [-0.15, -0.1) is 0 Å². The molecule has 1 fully saturated rings. The van der Waals surface area contributed by atoms with E-state index in [0.29, 0.717) is 12.0 Å². The van der Waals surface area contributed by atoms with E-state index in [4.69, 9.17) is 4.74 Å². The van der Waals surface area contributed by atoms with E-state index in [1.807, 2.05) is 0 Å². The highest BCUT2D eigenvalue weighted by Crippen LogP contribution is 2.29. The second-order valence-corrected chi connectivity index (χ2v) is 5.51. The van der Waals surface area contributed by atoms with Crippen molar-refractivity contribution in [2.45, 2.75) is 18.9 Å². The Morgan fingerprint density at radius 1 is 1.25 bits per heavy atom. The maximum Gasteiger partial charge on any atom is 0.0469 e. The van der Waals surface area contributed by atoms with Gasteiger partial charge in [-0.2, -0.15) is 0 Å². The first-order valence-corrected chi connectivity index (χ1v) is 6.89. The number of nitrogens with one attached hydrogen (secondary N) is 1. The first kappa shape index (κ1) is 12.3. The molecular formula is C13H18INO. The maximum absolute atomic E-state index is 5.42. The van der Waals surface area contributed by atoms with Crippen LogP contribution in [-0.4, -0.2) is 20.3 Å². The van der Waals surface area contributed by atoms with Crippen molar-refractivity contribution in [1.82, 2.24) is 5.32 Å². The molecular weight excluding hydrogens is 313 g/mol. The Morgan fingerprint density at radius 3 is 2.44 bits per heavy atom. The predicted molar refractivity (Wildman–Crippen MR) is 74.5 cm³/mol. The Balaban J connectivity index is 2.11. The molecule has 0 amide bonds. The van der Waals surface area contributed by atoms with Gasteiger partial charge in [0, 0.05) is 22.8 Å². The molecule has 2 rings (SSSR count). The van der Waals surface area contributed by atoms with Gasteiger partial charge < -0.3 is 10.1 Å². The summed E-state index contributed by atoms with van der Waals surface area (Å²) in [4.78, 5) is 0. The summed E-state index contributed by atoms with van der Waals surface area (Å²) in [6.45, 7) is 1.82. The van der Waals surface area contributed by atoms with E-state index in [1.165, 1.54) is 9.13 Å². The lowest BCUT2D eigenvalue weighted by molar-refractivity contribution is 0.0546. The van der Waals surface area contributed by atoms with Crippen LogP contribution in [0.1, 0.15) is 24.4 Å². The van der Waals surface area contributed by atoms with E-state index in [-0.39, 0.29) is 0 Å². The van der Waals surface area contributed by atoms with Crippen LogP contribution in [0.4, 0.5) is 0 Å². The van der Waals surface area contributed by atoms with Gasteiger partial charge in [-0.05, 0) is 66.1 Å². The molecule has 0 saturated carbocycles. The number of benzene rings is 1. The summed E-state index contributed by atoms with van der Waals surface area (Å²) in [6.07, 6.45) is 2.33. The minimum absolute atomic E-state index is 0.473. The highest BCUT2D eigenvalue weighted by atomic mass is 127. The van der Waals surface area contributed by atoms with E-state index in [9.17, 15) is 0 Å². The Bertz CT molecular complexity index is 319. The van der Waals surface area contributed by atoms with Crippen LogP contribution in [0.5, 0.6) is 0 Å². The fraction of sp³-hybridized carbons (Fsp3) is 0.538. The number of halogens is 1.